The second kappa shape index (κ2) is 12.5. The molecule has 0 bridgehead atoms. The van der Waals surface area contributed by atoms with E-state index in [2.05, 4.69) is 5.32 Å². The molecule has 0 saturated heterocycles. The maximum absolute atomic E-state index is 13.7. The summed E-state index contributed by atoms with van der Waals surface area (Å²) < 4.78 is 13.6. The van der Waals surface area contributed by atoms with Crippen molar-refractivity contribution in [3.8, 4) is 0 Å². The molecule has 0 aliphatic heterocycles. The molecule has 36 heavy (non-hydrogen) atoms. The Morgan fingerprint density at radius 1 is 0.694 bits per heavy atom. The predicted octanol–water partition coefficient (Wildman–Crippen LogP) is 5.84. The van der Waals surface area contributed by atoms with Gasteiger partial charge in [0.15, 0.2) is 0 Å². The van der Waals surface area contributed by atoms with Crippen LogP contribution in [0.15, 0.2) is 115 Å². The number of benzene rings is 4. The average molecular weight is 481 g/mol. The van der Waals surface area contributed by atoms with Crippen LogP contribution < -0.4 is 5.32 Å². The molecule has 4 nitrogen and oxygen atoms in total. The van der Waals surface area contributed by atoms with Gasteiger partial charge >= 0.3 is 0 Å². The van der Waals surface area contributed by atoms with E-state index in [1.54, 1.807) is 17.0 Å². The van der Waals surface area contributed by atoms with Crippen molar-refractivity contribution in [3.63, 3.8) is 0 Å². The largest absolute Gasteiger partial charge is 0.350 e. The third-order valence-electron chi connectivity index (χ3n) is 6.04. The van der Waals surface area contributed by atoms with E-state index < -0.39 is 6.04 Å². The molecule has 0 aliphatic rings. The highest BCUT2D eigenvalue weighted by Gasteiger charge is 2.31. The van der Waals surface area contributed by atoms with Crippen LogP contribution in [0.1, 0.15) is 34.7 Å². The van der Waals surface area contributed by atoms with E-state index in [1.165, 1.54) is 12.1 Å². The Morgan fingerprint density at radius 2 is 1.25 bits per heavy atom. The number of halogens is 1. The van der Waals surface area contributed by atoms with Crippen molar-refractivity contribution in [3.05, 3.63) is 143 Å². The minimum atomic E-state index is -0.830. The SMILES string of the molecule is O=C(NCc1ccccc1)[C@@H](c1ccccc1)N(Cc1ccc(F)cc1)C(=O)CCc1ccccc1. The fourth-order valence-corrected chi connectivity index (χ4v) is 4.14. The number of carbonyl (C=O) groups is 2. The van der Waals surface area contributed by atoms with Crippen LogP contribution in [0.5, 0.6) is 0 Å². The van der Waals surface area contributed by atoms with Gasteiger partial charge in [0.2, 0.25) is 11.8 Å². The number of carbonyl (C=O) groups excluding carboxylic acids is 2. The van der Waals surface area contributed by atoms with E-state index in [0.717, 1.165) is 22.3 Å². The highest BCUT2D eigenvalue weighted by atomic mass is 19.1. The van der Waals surface area contributed by atoms with Crippen molar-refractivity contribution >= 4 is 11.8 Å². The molecule has 0 aliphatic carbocycles. The Hall–Kier alpha value is -4.25. The normalized spacial score (nSPS) is 11.5. The minimum Gasteiger partial charge on any atom is -0.350 e. The summed E-state index contributed by atoms with van der Waals surface area (Å²) in [6.45, 7) is 0.540. The Kier molecular flexibility index (Phi) is 8.60. The maximum Gasteiger partial charge on any atom is 0.247 e. The molecule has 4 aromatic rings. The van der Waals surface area contributed by atoms with Gasteiger partial charge in [-0.2, -0.15) is 0 Å². The molecule has 0 aromatic heterocycles. The first-order valence-corrected chi connectivity index (χ1v) is 12.0. The maximum atomic E-state index is 13.7. The summed E-state index contributed by atoms with van der Waals surface area (Å²) >= 11 is 0. The monoisotopic (exact) mass is 480 g/mol. The van der Waals surface area contributed by atoms with E-state index in [0.29, 0.717) is 13.0 Å². The third-order valence-corrected chi connectivity index (χ3v) is 6.04. The molecule has 182 valence electrons. The van der Waals surface area contributed by atoms with Crippen molar-refractivity contribution in [1.82, 2.24) is 10.2 Å². The number of hydrogen-bond acceptors (Lipinski definition) is 2. The second-order valence-electron chi connectivity index (χ2n) is 8.65. The van der Waals surface area contributed by atoms with E-state index in [1.807, 2.05) is 91.0 Å². The van der Waals surface area contributed by atoms with E-state index in [4.69, 9.17) is 0 Å². The summed E-state index contributed by atoms with van der Waals surface area (Å²) in [6, 6.07) is 34.0. The lowest BCUT2D eigenvalue weighted by atomic mass is 10.0. The summed E-state index contributed by atoms with van der Waals surface area (Å²) in [6.07, 6.45) is 0.813. The highest BCUT2D eigenvalue weighted by Crippen LogP contribution is 2.25. The topological polar surface area (TPSA) is 49.4 Å². The summed E-state index contributed by atoms with van der Waals surface area (Å²) in [5, 5.41) is 3.01. The highest BCUT2D eigenvalue weighted by molar-refractivity contribution is 5.88. The summed E-state index contributed by atoms with van der Waals surface area (Å²) in [7, 11) is 0. The van der Waals surface area contributed by atoms with Crippen LogP contribution in [-0.2, 0) is 29.1 Å². The molecule has 5 heteroatoms. The quantitative estimate of drug-likeness (QED) is 0.310. The lowest BCUT2D eigenvalue weighted by Gasteiger charge is -2.32. The number of rotatable bonds is 10. The van der Waals surface area contributed by atoms with E-state index >= 15 is 0 Å². The van der Waals surface area contributed by atoms with Gasteiger partial charge in [-0.25, -0.2) is 4.39 Å². The summed E-state index contributed by atoms with van der Waals surface area (Å²) in [4.78, 5) is 28.9. The zero-order valence-electron chi connectivity index (χ0n) is 20.0. The molecule has 0 saturated carbocycles. The smallest absolute Gasteiger partial charge is 0.247 e. The van der Waals surface area contributed by atoms with E-state index in [9.17, 15) is 14.0 Å². The molecule has 0 unspecified atom stereocenters. The van der Waals surface area contributed by atoms with Crippen molar-refractivity contribution in [2.45, 2.75) is 32.0 Å². The van der Waals surface area contributed by atoms with Crippen molar-refractivity contribution < 1.29 is 14.0 Å². The summed E-state index contributed by atoms with van der Waals surface area (Å²) in [5.74, 6) is -0.756. The molecule has 0 spiro atoms. The zero-order chi connectivity index (χ0) is 25.2. The number of aryl methyl sites for hydroxylation is 1. The average Bonchev–Trinajstić information content (AvgIpc) is 2.93. The van der Waals surface area contributed by atoms with Gasteiger partial charge in [-0.3, -0.25) is 9.59 Å². The van der Waals surface area contributed by atoms with Crippen molar-refractivity contribution in [1.29, 1.82) is 0 Å². The lowest BCUT2D eigenvalue weighted by Crippen LogP contribution is -2.43. The molecular formula is C31H29FN2O2. The van der Waals surface area contributed by atoms with Gasteiger partial charge in [0.25, 0.3) is 0 Å². The van der Waals surface area contributed by atoms with Crippen LogP contribution in [0.4, 0.5) is 4.39 Å². The van der Waals surface area contributed by atoms with Crippen molar-refractivity contribution in [2.24, 2.45) is 0 Å². The van der Waals surface area contributed by atoms with Crippen LogP contribution in [0.25, 0.3) is 0 Å². The molecule has 1 N–H and O–H groups in total. The Morgan fingerprint density at radius 3 is 1.86 bits per heavy atom. The molecule has 0 heterocycles. The second-order valence-corrected chi connectivity index (χ2v) is 8.65. The van der Waals surface area contributed by atoms with Crippen LogP contribution in [0.3, 0.4) is 0 Å². The molecule has 4 rings (SSSR count). The van der Waals surface area contributed by atoms with Gasteiger partial charge in [0, 0.05) is 19.5 Å². The molecule has 1 atom stereocenters. The Labute approximate surface area is 211 Å². The van der Waals surface area contributed by atoms with Crippen LogP contribution >= 0.6 is 0 Å². The third kappa shape index (κ3) is 6.89. The van der Waals surface area contributed by atoms with Crippen LogP contribution in [0, 0.1) is 5.82 Å². The first kappa shape index (κ1) is 24.9. The minimum absolute atomic E-state index is 0.146. The van der Waals surface area contributed by atoms with Gasteiger partial charge < -0.3 is 10.2 Å². The van der Waals surface area contributed by atoms with Crippen LogP contribution in [-0.4, -0.2) is 16.7 Å². The number of nitrogens with one attached hydrogen (secondary N) is 1. The number of nitrogens with zero attached hydrogens (tertiary/aromatic N) is 1. The Bertz CT molecular complexity index is 1250. The Balaban J connectivity index is 1.62. The molecule has 0 radical (unpaired) electrons. The molecule has 2 amide bonds. The summed E-state index contributed by atoms with van der Waals surface area (Å²) in [5.41, 5.74) is 3.50. The van der Waals surface area contributed by atoms with Gasteiger partial charge in [0.05, 0.1) is 0 Å². The fraction of sp³-hybridized carbons (Fsp3) is 0.161. The van der Waals surface area contributed by atoms with E-state index in [-0.39, 0.29) is 30.6 Å². The predicted molar refractivity (Wildman–Crippen MR) is 139 cm³/mol. The lowest BCUT2D eigenvalue weighted by molar-refractivity contribution is -0.141. The van der Waals surface area contributed by atoms with Crippen molar-refractivity contribution in [2.75, 3.05) is 0 Å². The first-order chi connectivity index (χ1) is 17.6. The number of hydrogen-bond donors (Lipinski definition) is 1. The van der Waals surface area contributed by atoms with Crippen LogP contribution in [0.2, 0.25) is 0 Å². The van der Waals surface area contributed by atoms with Gasteiger partial charge in [-0.15, -0.1) is 0 Å². The zero-order valence-corrected chi connectivity index (χ0v) is 20.0. The first-order valence-electron chi connectivity index (χ1n) is 12.0. The standard InChI is InChI=1S/C31H29FN2O2/c32-28-19-16-26(17-20-28)23-34(29(35)21-18-24-10-4-1-5-11-24)30(27-14-8-3-9-15-27)31(36)33-22-25-12-6-2-7-13-25/h1-17,19-20,30H,18,21-23H2,(H,33,36)/t30-/m1/s1. The fourth-order valence-electron chi connectivity index (χ4n) is 4.14. The van der Waals surface area contributed by atoms with Gasteiger partial charge in [-0.05, 0) is 40.8 Å². The van der Waals surface area contributed by atoms with Gasteiger partial charge in [0.1, 0.15) is 11.9 Å². The molecule has 4 aromatic carbocycles. The molecular weight excluding hydrogens is 451 g/mol. The number of amides is 2. The van der Waals surface area contributed by atoms with Gasteiger partial charge in [-0.1, -0.05) is 103 Å². The molecule has 0 fully saturated rings.